The Labute approximate surface area is 135 Å². The number of nitrogens with zero attached hydrogens (tertiary/aromatic N) is 1. The molecule has 1 saturated carbocycles. The normalized spacial score (nSPS) is 22.1. The molecule has 0 unspecified atom stereocenters. The largest absolute Gasteiger partial charge is 0.488 e. The minimum absolute atomic E-state index is 0.132. The predicted octanol–water partition coefficient (Wildman–Crippen LogP) is 3.61. The van der Waals surface area contributed by atoms with E-state index < -0.39 is 0 Å². The van der Waals surface area contributed by atoms with Crippen LogP contribution >= 0.6 is 0 Å². The zero-order valence-corrected chi connectivity index (χ0v) is 14.3. The second-order valence-electron chi connectivity index (χ2n) is 7.71. The third-order valence-corrected chi connectivity index (χ3v) is 4.79. The van der Waals surface area contributed by atoms with Gasteiger partial charge in [-0.15, -0.1) is 0 Å². The summed E-state index contributed by atoms with van der Waals surface area (Å²) < 4.78 is 5.96. The van der Waals surface area contributed by atoms with Crippen molar-refractivity contribution < 1.29 is 4.74 Å². The molecule has 0 bridgehead atoms. The zero-order valence-electron chi connectivity index (χ0n) is 14.3. The third-order valence-electron chi connectivity index (χ3n) is 4.79. The molecular weight excluding hydrogens is 272 g/mol. The minimum atomic E-state index is -0.132. The Morgan fingerprint density at radius 3 is 2.23 bits per heavy atom. The Morgan fingerprint density at radius 2 is 1.73 bits per heavy atom. The van der Waals surface area contributed by atoms with Crippen molar-refractivity contribution in [2.24, 2.45) is 5.92 Å². The molecule has 122 valence electrons. The van der Waals surface area contributed by atoms with Gasteiger partial charge in [0.15, 0.2) is 0 Å². The van der Waals surface area contributed by atoms with Gasteiger partial charge in [0, 0.05) is 32.2 Å². The van der Waals surface area contributed by atoms with E-state index in [1.165, 1.54) is 37.9 Å². The molecule has 2 fully saturated rings. The van der Waals surface area contributed by atoms with Crippen molar-refractivity contribution in [1.29, 1.82) is 0 Å². The highest BCUT2D eigenvalue weighted by molar-refractivity contribution is 5.30. The summed E-state index contributed by atoms with van der Waals surface area (Å²) in [6.07, 6.45) is 4.17. The van der Waals surface area contributed by atoms with Gasteiger partial charge < -0.3 is 10.1 Å². The average molecular weight is 302 g/mol. The molecule has 0 amide bonds. The van der Waals surface area contributed by atoms with Gasteiger partial charge in [-0.1, -0.05) is 18.6 Å². The summed E-state index contributed by atoms with van der Waals surface area (Å²) >= 11 is 0. The molecule has 1 saturated heterocycles. The van der Waals surface area contributed by atoms with E-state index in [0.29, 0.717) is 6.04 Å². The fourth-order valence-corrected chi connectivity index (χ4v) is 3.58. The van der Waals surface area contributed by atoms with Crippen molar-refractivity contribution in [1.82, 2.24) is 10.2 Å². The van der Waals surface area contributed by atoms with E-state index in [1.54, 1.807) is 0 Å². The van der Waals surface area contributed by atoms with Gasteiger partial charge in [0.1, 0.15) is 11.4 Å². The Morgan fingerprint density at radius 1 is 1.09 bits per heavy atom. The van der Waals surface area contributed by atoms with Gasteiger partial charge in [0.2, 0.25) is 0 Å². The Bertz CT molecular complexity index is 467. The van der Waals surface area contributed by atoms with Crippen LogP contribution in [0.3, 0.4) is 0 Å². The van der Waals surface area contributed by atoms with Crippen molar-refractivity contribution in [2.45, 2.75) is 51.7 Å². The first-order valence-corrected chi connectivity index (χ1v) is 8.77. The number of hydrogen-bond acceptors (Lipinski definition) is 3. The number of nitrogens with one attached hydrogen (secondary N) is 1. The lowest BCUT2D eigenvalue weighted by Gasteiger charge is -2.43. The number of ether oxygens (including phenoxy) is 1. The van der Waals surface area contributed by atoms with E-state index >= 15 is 0 Å². The Kier molecular flexibility index (Phi) is 4.74. The molecule has 3 nitrogen and oxygen atoms in total. The molecule has 3 rings (SSSR count). The van der Waals surface area contributed by atoms with Gasteiger partial charge in [0.25, 0.3) is 0 Å². The van der Waals surface area contributed by atoms with Gasteiger partial charge in [-0.05, 0) is 57.2 Å². The fourth-order valence-electron chi connectivity index (χ4n) is 3.58. The minimum Gasteiger partial charge on any atom is -0.488 e. The van der Waals surface area contributed by atoms with E-state index in [9.17, 15) is 0 Å². The quantitative estimate of drug-likeness (QED) is 0.919. The fraction of sp³-hybridized carbons (Fsp3) is 0.684. The van der Waals surface area contributed by atoms with Crippen LogP contribution in [0.15, 0.2) is 24.3 Å². The van der Waals surface area contributed by atoms with E-state index in [0.717, 1.165) is 24.8 Å². The molecule has 3 heteroatoms. The SMILES string of the molecule is CC(C)(C)Oc1ccc([C@H](C2CCC2)N2CCNCC2)cc1. The highest BCUT2D eigenvalue weighted by Crippen LogP contribution is 2.41. The van der Waals surface area contributed by atoms with Crippen molar-refractivity contribution in [3.63, 3.8) is 0 Å². The maximum Gasteiger partial charge on any atom is 0.120 e. The van der Waals surface area contributed by atoms with Crippen LogP contribution in [0, 0.1) is 5.92 Å². The molecule has 1 aliphatic carbocycles. The first kappa shape index (κ1) is 15.8. The first-order valence-electron chi connectivity index (χ1n) is 8.77. The standard InChI is InChI=1S/C19H30N2O/c1-19(2,3)22-17-9-7-16(8-10-17)18(15-5-4-6-15)21-13-11-20-12-14-21/h7-10,15,18,20H,4-6,11-14H2,1-3H3/t18-/m0/s1. The van der Waals surface area contributed by atoms with Crippen molar-refractivity contribution in [3.8, 4) is 5.75 Å². The van der Waals surface area contributed by atoms with Gasteiger partial charge in [0.05, 0.1) is 0 Å². The number of rotatable bonds is 4. The first-order chi connectivity index (χ1) is 10.5. The predicted molar refractivity (Wildman–Crippen MR) is 91.3 cm³/mol. The van der Waals surface area contributed by atoms with Crippen LogP contribution in [-0.4, -0.2) is 36.7 Å². The van der Waals surface area contributed by atoms with Crippen LogP contribution in [0.1, 0.15) is 51.6 Å². The lowest BCUT2D eigenvalue weighted by molar-refractivity contribution is 0.0835. The van der Waals surface area contributed by atoms with Crippen LogP contribution < -0.4 is 10.1 Å². The maximum absolute atomic E-state index is 5.96. The molecule has 2 aliphatic rings. The molecular formula is C19H30N2O. The molecule has 1 aromatic carbocycles. The summed E-state index contributed by atoms with van der Waals surface area (Å²) in [5, 5.41) is 3.47. The lowest BCUT2D eigenvalue weighted by atomic mass is 9.76. The van der Waals surface area contributed by atoms with E-state index in [2.05, 4.69) is 55.3 Å². The van der Waals surface area contributed by atoms with Crippen molar-refractivity contribution in [2.75, 3.05) is 26.2 Å². The average Bonchev–Trinajstić information content (AvgIpc) is 2.43. The molecule has 1 aliphatic heterocycles. The number of hydrogen-bond donors (Lipinski definition) is 1. The van der Waals surface area contributed by atoms with Crippen LogP contribution in [-0.2, 0) is 0 Å². The van der Waals surface area contributed by atoms with Gasteiger partial charge >= 0.3 is 0 Å². The van der Waals surface area contributed by atoms with Crippen LogP contribution in [0.4, 0.5) is 0 Å². The molecule has 0 spiro atoms. The van der Waals surface area contributed by atoms with Crippen molar-refractivity contribution in [3.05, 3.63) is 29.8 Å². The summed E-state index contributed by atoms with van der Waals surface area (Å²) in [6, 6.07) is 9.46. The summed E-state index contributed by atoms with van der Waals surface area (Å²) in [4.78, 5) is 2.68. The molecule has 22 heavy (non-hydrogen) atoms. The smallest absolute Gasteiger partial charge is 0.120 e. The van der Waals surface area contributed by atoms with Crippen LogP contribution in [0.25, 0.3) is 0 Å². The van der Waals surface area contributed by atoms with E-state index in [4.69, 9.17) is 4.74 Å². The number of benzene rings is 1. The molecule has 1 atom stereocenters. The molecule has 1 heterocycles. The Balaban J connectivity index is 1.75. The topological polar surface area (TPSA) is 24.5 Å². The highest BCUT2D eigenvalue weighted by Gasteiger charge is 2.33. The monoisotopic (exact) mass is 302 g/mol. The van der Waals surface area contributed by atoms with Crippen LogP contribution in [0.5, 0.6) is 5.75 Å². The summed E-state index contributed by atoms with van der Waals surface area (Å²) in [5.74, 6) is 1.82. The summed E-state index contributed by atoms with van der Waals surface area (Å²) in [5.41, 5.74) is 1.33. The molecule has 0 aromatic heterocycles. The second-order valence-corrected chi connectivity index (χ2v) is 7.71. The highest BCUT2D eigenvalue weighted by atomic mass is 16.5. The maximum atomic E-state index is 5.96. The number of piperazine rings is 1. The zero-order chi connectivity index (χ0) is 15.6. The summed E-state index contributed by atoms with van der Waals surface area (Å²) in [7, 11) is 0. The molecule has 0 radical (unpaired) electrons. The third kappa shape index (κ3) is 3.82. The summed E-state index contributed by atoms with van der Waals surface area (Å²) in [6.45, 7) is 10.9. The lowest BCUT2D eigenvalue weighted by Crippen LogP contribution is -2.47. The van der Waals surface area contributed by atoms with Crippen LogP contribution in [0.2, 0.25) is 0 Å². The molecule has 1 N–H and O–H groups in total. The van der Waals surface area contributed by atoms with Gasteiger partial charge in [-0.3, -0.25) is 4.90 Å². The van der Waals surface area contributed by atoms with E-state index in [-0.39, 0.29) is 5.60 Å². The van der Waals surface area contributed by atoms with Crippen molar-refractivity contribution >= 4 is 0 Å². The van der Waals surface area contributed by atoms with Gasteiger partial charge in [-0.2, -0.15) is 0 Å². The van der Waals surface area contributed by atoms with E-state index in [1.807, 2.05) is 0 Å². The van der Waals surface area contributed by atoms with Gasteiger partial charge in [-0.25, -0.2) is 0 Å². The molecule has 1 aromatic rings. The second kappa shape index (κ2) is 6.59. The Hall–Kier alpha value is -1.06.